The Kier molecular flexibility index (Phi) is 12.1. The van der Waals surface area contributed by atoms with E-state index in [1.54, 1.807) is 24.3 Å². The molecule has 1 amide bonds. The molecule has 1 N–H and O–H groups in total. The van der Waals surface area contributed by atoms with Crippen molar-refractivity contribution in [1.29, 1.82) is 0 Å². The number of nitrogens with one attached hydrogen (secondary N) is 1. The van der Waals surface area contributed by atoms with Crippen molar-refractivity contribution in [1.82, 2.24) is 5.43 Å². The molecule has 6 nitrogen and oxygen atoms in total. The average molecular weight is 451 g/mol. The second-order valence-electron chi connectivity index (χ2n) is 7.74. The summed E-state index contributed by atoms with van der Waals surface area (Å²) in [5, 5.41) is 4.01. The van der Waals surface area contributed by atoms with Gasteiger partial charge in [0.2, 0.25) is 5.91 Å². The number of hydrogen-bond acceptors (Lipinski definition) is 5. The first kappa shape index (κ1) is 25.8. The van der Waals surface area contributed by atoms with Gasteiger partial charge in [0, 0.05) is 12.5 Å². The number of benzene rings is 2. The predicted octanol–water partition coefficient (Wildman–Crippen LogP) is 5.90. The highest BCUT2D eigenvalue weighted by atomic mass is 16.6. The smallest absolute Gasteiger partial charge is 0.336 e. The van der Waals surface area contributed by atoms with Gasteiger partial charge in [-0.15, -0.1) is 0 Å². The molecule has 0 atom stereocenters. The topological polar surface area (TPSA) is 77.0 Å². The number of unbranched alkanes of at least 4 members (excludes halogenated alkanes) is 6. The summed E-state index contributed by atoms with van der Waals surface area (Å²) < 4.78 is 10.7. The Bertz CT molecular complexity index is 923. The standard InChI is InChI=1S/C27H34N2O4/c1-3-4-5-6-7-8-12-15-26(30)29-28-21-23-16-18-24(25(20-23)32-2)33-27(31)19-17-22-13-10-9-11-14-22/h9-11,13-14,16-21H,3-8,12,15H2,1-2H3,(H,29,30)/b19-17+,28-21-. The van der Waals surface area contributed by atoms with Gasteiger partial charge in [0.1, 0.15) is 0 Å². The molecule has 0 unspecified atom stereocenters. The molecular weight excluding hydrogens is 416 g/mol. The number of methoxy groups -OCH3 is 1. The van der Waals surface area contributed by atoms with E-state index in [0.717, 1.165) is 18.4 Å². The highest BCUT2D eigenvalue weighted by Crippen LogP contribution is 2.27. The van der Waals surface area contributed by atoms with E-state index < -0.39 is 5.97 Å². The number of esters is 1. The molecule has 6 heteroatoms. The first-order valence-electron chi connectivity index (χ1n) is 11.6. The zero-order valence-corrected chi connectivity index (χ0v) is 19.6. The fraction of sp³-hybridized carbons (Fsp3) is 0.370. The van der Waals surface area contributed by atoms with Crippen LogP contribution < -0.4 is 14.9 Å². The molecule has 0 aromatic heterocycles. The quantitative estimate of drug-likeness (QED) is 0.0970. The van der Waals surface area contributed by atoms with E-state index in [-0.39, 0.29) is 5.91 Å². The summed E-state index contributed by atoms with van der Waals surface area (Å²) in [6.07, 6.45) is 13.2. The number of carbonyl (C=O) groups excluding carboxylic acids is 2. The van der Waals surface area contributed by atoms with Gasteiger partial charge in [-0.1, -0.05) is 75.8 Å². The number of nitrogens with zero attached hydrogens (tertiary/aromatic N) is 1. The minimum absolute atomic E-state index is 0.0949. The van der Waals surface area contributed by atoms with E-state index in [1.165, 1.54) is 51.5 Å². The van der Waals surface area contributed by atoms with Crippen LogP contribution in [-0.4, -0.2) is 25.2 Å². The van der Waals surface area contributed by atoms with Crippen LogP contribution in [0.4, 0.5) is 0 Å². The van der Waals surface area contributed by atoms with Crippen LogP contribution in [0.3, 0.4) is 0 Å². The highest BCUT2D eigenvalue weighted by Gasteiger charge is 2.09. The Morgan fingerprint density at radius 1 is 0.909 bits per heavy atom. The van der Waals surface area contributed by atoms with Crippen LogP contribution in [0, 0.1) is 0 Å². The van der Waals surface area contributed by atoms with Crippen LogP contribution in [0.25, 0.3) is 6.08 Å². The molecule has 0 aliphatic carbocycles. The largest absolute Gasteiger partial charge is 0.493 e. The van der Waals surface area contributed by atoms with E-state index in [0.29, 0.717) is 23.5 Å². The van der Waals surface area contributed by atoms with Crippen LogP contribution in [0.1, 0.15) is 69.4 Å². The SMILES string of the molecule is CCCCCCCCCC(=O)N/N=C\c1ccc(OC(=O)/C=C/c2ccccc2)c(OC)c1. The fourth-order valence-electron chi connectivity index (χ4n) is 3.20. The van der Waals surface area contributed by atoms with Gasteiger partial charge in [-0.05, 0) is 41.8 Å². The molecule has 0 aliphatic rings. The molecule has 0 aliphatic heterocycles. The molecule has 0 fully saturated rings. The minimum Gasteiger partial charge on any atom is -0.493 e. The van der Waals surface area contributed by atoms with Crippen LogP contribution in [-0.2, 0) is 9.59 Å². The summed E-state index contributed by atoms with van der Waals surface area (Å²) >= 11 is 0. The van der Waals surface area contributed by atoms with Crippen LogP contribution >= 0.6 is 0 Å². The number of amides is 1. The van der Waals surface area contributed by atoms with Crippen molar-refractivity contribution in [2.75, 3.05) is 7.11 Å². The van der Waals surface area contributed by atoms with Crippen molar-refractivity contribution < 1.29 is 19.1 Å². The molecule has 2 aromatic carbocycles. The van der Waals surface area contributed by atoms with Crippen molar-refractivity contribution in [2.24, 2.45) is 5.10 Å². The average Bonchev–Trinajstić information content (AvgIpc) is 2.83. The summed E-state index contributed by atoms with van der Waals surface area (Å²) in [4.78, 5) is 24.0. The van der Waals surface area contributed by atoms with Gasteiger partial charge in [0.05, 0.1) is 13.3 Å². The summed E-state index contributed by atoms with van der Waals surface area (Å²) in [5.74, 6) is 0.105. The Morgan fingerprint density at radius 2 is 1.64 bits per heavy atom. The predicted molar refractivity (Wildman–Crippen MR) is 132 cm³/mol. The molecule has 0 spiro atoms. The first-order chi connectivity index (χ1) is 16.1. The summed E-state index contributed by atoms with van der Waals surface area (Å²) in [6, 6.07) is 14.5. The van der Waals surface area contributed by atoms with Gasteiger partial charge in [0.25, 0.3) is 0 Å². The Hall–Kier alpha value is -3.41. The molecule has 176 valence electrons. The van der Waals surface area contributed by atoms with Crippen LogP contribution in [0.2, 0.25) is 0 Å². The lowest BCUT2D eigenvalue weighted by Crippen LogP contribution is -2.16. The number of ether oxygens (including phenoxy) is 2. The first-order valence-corrected chi connectivity index (χ1v) is 11.6. The number of hydrazone groups is 1. The molecule has 33 heavy (non-hydrogen) atoms. The molecule has 0 saturated carbocycles. The number of hydrogen-bond donors (Lipinski definition) is 1. The lowest BCUT2D eigenvalue weighted by atomic mass is 10.1. The van der Waals surface area contributed by atoms with E-state index in [4.69, 9.17) is 9.47 Å². The van der Waals surface area contributed by atoms with Gasteiger partial charge in [0.15, 0.2) is 11.5 Å². The zero-order valence-electron chi connectivity index (χ0n) is 19.6. The summed E-state index contributed by atoms with van der Waals surface area (Å²) in [5.41, 5.74) is 4.17. The second kappa shape index (κ2) is 15.4. The Morgan fingerprint density at radius 3 is 2.36 bits per heavy atom. The van der Waals surface area contributed by atoms with E-state index in [9.17, 15) is 9.59 Å². The minimum atomic E-state index is -0.504. The van der Waals surface area contributed by atoms with Gasteiger partial charge in [-0.3, -0.25) is 4.79 Å². The monoisotopic (exact) mass is 450 g/mol. The van der Waals surface area contributed by atoms with Crippen LogP contribution in [0.15, 0.2) is 59.7 Å². The zero-order chi connectivity index (χ0) is 23.7. The van der Waals surface area contributed by atoms with Crippen molar-refractivity contribution in [3.8, 4) is 11.5 Å². The fourth-order valence-corrected chi connectivity index (χ4v) is 3.20. The van der Waals surface area contributed by atoms with Gasteiger partial charge in [-0.25, -0.2) is 10.2 Å². The third-order valence-electron chi connectivity index (χ3n) is 5.02. The van der Waals surface area contributed by atoms with E-state index in [2.05, 4.69) is 17.5 Å². The molecular formula is C27H34N2O4. The molecule has 0 bridgehead atoms. The molecule has 0 heterocycles. The third kappa shape index (κ3) is 10.6. The van der Waals surface area contributed by atoms with E-state index >= 15 is 0 Å². The van der Waals surface area contributed by atoms with Crippen molar-refractivity contribution >= 4 is 24.2 Å². The Labute approximate surface area is 196 Å². The van der Waals surface area contributed by atoms with Crippen LogP contribution in [0.5, 0.6) is 11.5 Å². The molecule has 0 radical (unpaired) electrons. The van der Waals surface area contributed by atoms with Crippen molar-refractivity contribution in [3.63, 3.8) is 0 Å². The third-order valence-corrected chi connectivity index (χ3v) is 5.02. The summed E-state index contributed by atoms with van der Waals surface area (Å²) in [7, 11) is 1.50. The lowest BCUT2D eigenvalue weighted by molar-refractivity contribution is -0.129. The second-order valence-corrected chi connectivity index (χ2v) is 7.74. The number of carbonyl (C=O) groups is 2. The maximum Gasteiger partial charge on any atom is 0.336 e. The maximum atomic E-state index is 12.1. The summed E-state index contributed by atoms with van der Waals surface area (Å²) in [6.45, 7) is 2.20. The lowest BCUT2D eigenvalue weighted by Gasteiger charge is -2.08. The van der Waals surface area contributed by atoms with E-state index in [1.807, 2.05) is 30.3 Å². The molecule has 2 aromatic rings. The number of rotatable bonds is 14. The normalized spacial score (nSPS) is 11.1. The van der Waals surface area contributed by atoms with Gasteiger partial charge in [-0.2, -0.15) is 5.10 Å². The van der Waals surface area contributed by atoms with Crippen molar-refractivity contribution in [2.45, 2.75) is 58.3 Å². The highest BCUT2D eigenvalue weighted by molar-refractivity contribution is 5.89. The van der Waals surface area contributed by atoms with Crippen molar-refractivity contribution in [3.05, 3.63) is 65.7 Å². The molecule has 2 rings (SSSR count). The molecule has 0 saturated heterocycles. The Balaban J connectivity index is 1.78. The van der Waals surface area contributed by atoms with Gasteiger partial charge >= 0.3 is 5.97 Å². The van der Waals surface area contributed by atoms with Gasteiger partial charge < -0.3 is 9.47 Å². The maximum absolute atomic E-state index is 12.1.